The third kappa shape index (κ3) is 1.93. The lowest BCUT2D eigenvalue weighted by Gasteiger charge is -2.08. The summed E-state index contributed by atoms with van der Waals surface area (Å²) in [5.74, 6) is -0.418. The molecule has 2 aromatic heterocycles. The third-order valence-electron chi connectivity index (χ3n) is 3.24. The van der Waals surface area contributed by atoms with Gasteiger partial charge in [0.15, 0.2) is 5.65 Å². The molecule has 0 aliphatic carbocycles. The summed E-state index contributed by atoms with van der Waals surface area (Å²) in [6, 6.07) is 9.77. The Hall–Kier alpha value is -2.69. The molecule has 0 radical (unpaired) electrons. The molecule has 0 bridgehead atoms. The van der Waals surface area contributed by atoms with Crippen molar-refractivity contribution >= 4 is 11.6 Å². The molecule has 1 aromatic carbocycles. The Kier molecular flexibility index (Phi) is 2.95. The van der Waals surface area contributed by atoms with Crippen LogP contribution in [-0.2, 0) is 4.74 Å². The van der Waals surface area contributed by atoms with Gasteiger partial charge in [-0.05, 0) is 24.1 Å². The van der Waals surface area contributed by atoms with Crippen LogP contribution >= 0.6 is 0 Å². The second-order valence-electron chi connectivity index (χ2n) is 4.48. The number of benzene rings is 1. The van der Waals surface area contributed by atoms with E-state index in [0.717, 1.165) is 16.7 Å². The van der Waals surface area contributed by atoms with Crippen LogP contribution in [0.3, 0.4) is 0 Å². The van der Waals surface area contributed by atoms with Gasteiger partial charge < -0.3 is 4.74 Å². The molecule has 0 fully saturated rings. The number of carbonyl (C=O) groups is 1. The zero-order chi connectivity index (χ0) is 14.1. The van der Waals surface area contributed by atoms with Crippen molar-refractivity contribution in [1.82, 2.24) is 14.6 Å². The maximum absolute atomic E-state index is 11.9. The van der Waals surface area contributed by atoms with Crippen molar-refractivity contribution in [1.29, 1.82) is 0 Å². The monoisotopic (exact) mass is 267 g/mol. The Balaban J connectivity index is 2.28. The first-order valence-corrected chi connectivity index (χ1v) is 6.18. The summed E-state index contributed by atoms with van der Waals surface area (Å²) in [6.07, 6.45) is 3.28. The Morgan fingerprint density at radius 1 is 1.30 bits per heavy atom. The summed E-state index contributed by atoms with van der Waals surface area (Å²) in [6.45, 7) is 2.03. The topological polar surface area (TPSA) is 56.5 Å². The smallest absolute Gasteiger partial charge is 0.341 e. The molecule has 0 saturated heterocycles. The highest BCUT2D eigenvalue weighted by Gasteiger charge is 2.15. The van der Waals surface area contributed by atoms with Gasteiger partial charge in [0.05, 0.1) is 7.11 Å². The van der Waals surface area contributed by atoms with E-state index in [0.29, 0.717) is 11.2 Å². The van der Waals surface area contributed by atoms with E-state index in [2.05, 4.69) is 10.1 Å². The fourth-order valence-corrected chi connectivity index (χ4v) is 2.23. The zero-order valence-corrected chi connectivity index (χ0v) is 11.2. The summed E-state index contributed by atoms with van der Waals surface area (Å²) in [4.78, 5) is 16.0. The van der Waals surface area contributed by atoms with Gasteiger partial charge >= 0.3 is 5.97 Å². The first kappa shape index (κ1) is 12.3. The van der Waals surface area contributed by atoms with Gasteiger partial charge in [0.1, 0.15) is 11.9 Å². The number of hydrogen-bond acceptors (Lipinski definition) is 4. The quantitative estimate of drug-likeness (QED) is 0.669. The fourth-order valence-electron chi connectivity index (χ4n) is 2.23. The predicted molar refractivity (Wildman–Crippen MR) is 74.5 cm³/mol. The van der Waals surface area contributed by atoms with Crippen LogP contribution in [0.4, 0.5) is 0 Å². The van der Waals surface area contributed by atoms with Crippen molar-refractivity contribution in [3.05, 3.63) is 54.0 Å². The molecule has 20 heavy (non-hydrogen) atoms. The van der Waals surface area contributed by atoms with Crippen LogP contribution in [0.15, 0.2) is 42.9 Å². The molecule has 0 N–H and O–H groups in total. The number of methoxy groups -OCH3 is 1. The number of esters is 1. The van der Waals surface area contributed by atoms with Crippen LogP contribution in [-0.4, -0.2) is 27.7 Å². The van der Waals surface area contributed by atoms with Gasteiger partial charge in [0, 0.05) is 11.8 Å². The number of aromatic nitrogens is 3. The second kappa shape index (κ2) is 4.77. The van der Waals surface area contributed by atoms with Gasteiger partial charge in [-0.3, -0.25) is 0 Å². The zero-order valence-electron chi connectivity index (χ0n) is 11.2. The minimum absolute atomic E-state index is 0.408. The van der Waals surface area contributed by atoms with Gasteiger partial charge in [-0.15, -0.1) is 0 Å². The predicted octanol–water partition coefficient (Wildman–Crippen LogP) is 2.49. The van der Waals surface area contributed by atoms with E-state index in [1.807, 2.05) is 37.4 Å². The lowest BCUT2D eigenvalue weighted by atomic mass is 10.0. The van der Waals surface area contributed by atoms with Gasteiger partial charge in [-0.25, -0.2) is 14.3 Å². The molecule has 0 spiro atoms. The average molecular weight is 267 g/mol. The molecule has 5 heteroatoms. The lowest BCUT2D eigenvalue weighted by molar-refractivity contribution is 0.0602. The van der Waals surface area contributed by atoms with Gasteiger partial charge in [0.25, 0.3) is 0 Å². The molecule has 0 unspecified atom stereocenters. The highest BCUT2D eigenvalue weighted by Crippen LogP contribution is 2.25. The van der Waals surface area contributed by atoms with Crippen molar-refractivity contribution in [2.24, 2.45) is 0 Å². The summed E-state index contributed by atoms with van der Waals surface area (Å²) in [7, 11) is 1.36. The van der Waals surface area contributed by atoms with Gasteiger partial charge in [-0.2, -0.15) is 5.10 Å². The SMILES string of the molecule is COC(=O)c1cc(-c2ccccc2C)cn2ncnc12. The lowest BCUT2D eigenvalue weighted by Crippen LogP contribution is -2.05. The summed E-state index contributed by atoms with van der Waals surface area (Å²) >= 11 is 0. The maximum Gasteiger partial charge on any atom is 0.341 e. The molecular weight excluding hydrogens is 254 g/mol. The molecule has 0 atom stereocenters. The molecule has 3 aromatic rings. The summed E-state index contributed by atoms with van der Waals surface area (Å²) in [5, 5.41) is 4.11. The number of aryl methyl sites for hydroxylation is 1. The normalized spacial score (nSPS) is 10.7. The van der Waals surface area contributed by atoms with Crippen molar-refractivity contribution < 1.29 is 9.53 Å². The molecule has 3 rings (SSSR count). The first-order valence-electron chi connectivity index (χ1n) is 6.18. The Morgan fingerprint density at radius 2 is 2.10 bits per heavy atom. The van der Waals surface area contributed by atoms with Gasteiger partial charge in [0.2, 0.25) is 0 Å². The highest BCUT2D eigenvalue weighted by molar-refractivity contribution is 5.97. The van der Waals surface area contributed by atoms with Crippen molar-refractivity contribution in [3.8, 4) is 11.1 Å². The van der Waals surface area contributed by atoms with Gasteiger partial charge in [-0.1, -0.05) is 24.3 Å². The van der Waals surface area contributed by atoms with Crippen LogP contribution in [0.25, 0.3) is 16.8 Å². The van der Waals surface area contributed by atoms with E-state index in [1.165, 1.54) is 13.4 Å². The van der Waals surface area contributed by atoms with Crippen molar-refractivity contribution in [2.75, 3.05) is 7.11 Å². The second-order valence-corrected chi connectivity index (χ2v) is 4.48. The number of fused-ring (bicyclic) bond motifs is 1. The molecular formula is C15H13N3O2. The van der Waals surface area contributed by atoms with Crippen molar-refractivity contribution in [3.63, 3.8) is 0 Å². The fraction of sp³-hybridized carbons (Fsp3) is 0.133. The number of hydrogen-bond donors (Lipinski definition) is 0. The average Bonchev–Trinajstić information content (AvgIpc) is 2.94. The number of rotatable bonds is 2. The summed E-state index contributed by atoms with van der Waals surface area (Å²) in [5.41, 5.74) is 3.99. The number of carbonyl (C=O) groups excluding carboxylic acids is 1. The Labute approximate surface area is 115 Å². The highest BCUT2D eigenvalue weighted by atomic mass is 16.5. The van der Waals surface area contributed by atoms with Crippen LogP contribution < -0.4 is 0 Å². The molecule has 100 valence electrons. The number of ether oxygens (including phenoxy) is 1. The first-order chi connectivity index (χ1) is 9.70. The van der Waals surface area contributed by atoms with E-state index in [9.17, 15) is 4.79 Å². The Morgan fingerprint density at radius 3 is 2.85 bits per heavy atom. The van der Waals surface area contributed by atoms with Crippen LogP contribution in [0.5, 0.6) is 0 Å². The Bertz CT molecular complexity index is 793. The minimum atomic E-state index is -0.418. The number of pyridine rings is 1. The molecule has 0 saturated carbocycles. The molecule has 0 amide bonds. The van der Waals surface area contributed by atoms with E-state index in [4.69, 9.17) is 4.74 Å². The van der Waals surface area contributed by atoms with Crippen LogP contribution in [0, 0.1) is 6.92 Å². The minimum Gasteiger partial charge on any atom is -0.465 e. The van der Waals surface area contributed by atoms with Crippen LogP contribution in [0.2, 0.25) is 0 Å². The third-order valence-corrected chi connectivity index (χ3v) is 3.24. The largest absolute Gasteiger partial charge is 0.465 e. The van der Waals surface area contributed by atoms with E-state index < -0.39 is 5.97 Å². The molecule has 0 aliphatic heterocycles. The van der Waals surface area contributed by atoms with E-state index >= 15 is 0 Å². The molecule has 5 nitrogen and oxygen atoms in total. The maximum atomic E-state index is 11.9. The van der Waals surface area contributed by atoms with Crippen molar-refractivity contribution in [2.45, 2.75) is 6.92 Å². The summed E-state index contributed by atoms with van der Waals surface area (Å²) < 4.78 is 6.41. The number of nitrogens with zero attached hydrogens (tertiary/aromatic N) is 3. The molecule has 0 aliphatic rings. The van der Waals surface area contributed by atoms with Crippen LogP contribution in [0.1, 0.15) is 15.9 Å². The standard InChI is InChI=1S/C15H13N3O2/c1-10-5-3-4-6-12(10)11-7-13(15(19)20-2)14-16-9-17-18(14)8-11/h3-9H,1-2H3. The van der Waals surface area contributed by atoms with E-state index in [1.54, 1.807) is 10.6 Å². The van der Waals surface area contributed by atoms with E-state index in [-0.39, 0.29) is 0 Å². The molecule has 2 heterocycles.